The summed E-state index contributed by atoms with van der Waals surface area (Å²) in [5.74, 6) is -0.831. The first-order valence-corrected chi connectivity index (χ1v) is 11.8. The summed E-state index contributed by atoms with van der Waals surface area (Å²) in [5, 5.41) is 10.8. The molecule has 0 radical (unpaired) electrons. The minimum Gasteiger partial charge on any atom is -0.480 e. The van der Waals surface area contributed by atoms with Gasteiger partial charge in [-0.2, -0.15) is 0 Å². The van der Waals surface area contributed by atoms with E-state index < -0.39 is 11.6 Å². The van der Waals surface area contributed by atoms with E-state index in [-0.39, 0.29) is 6.54 Å². The van der Waals surface area contributed by atoms with Crippen LogP contribution in [0.2, 0.25) is 15.1 Å². The van der Waals surface area contributed by atoms with E-state index in [1.165, 1.54) is 0 Å². The number of carboxylic acids is 1. The van der Waals surface area contributed by atoms with Crippen LogP contribution < -0.4 is 0 Å². The first kappa shape index (κ1) is 24.1. The van der Waals surface area contributed by atoms with Gasteiger partial charge < -0.3 is 9.84 Å². The Labute approximate surface area is 208 Å². The molecule has 0 amide bonds. The highest BCUT2D eigenvalue weighted by Crippen LogP contribution is 2.46. The average molecular weight is 505 g/mol. The molecule has 3 aromatic carbocycles. The molecule has 1 N–H and O–H groups in total. The van der Waals surface area contributed by atoms with E-state index >= 15 is 0 Å². The second-order valence-electron chi connectivity index (χ2n) is 8.36. The molecule has 33 heavy (non-hydrogen) atoms. The van der Waals surface area contributed by atoms with Crippen molar-refractivity contribution in [3.05, 3.63) is 92.4 Å². The van der Waals surface area contributed by atoms with Crippen LogP contribution in [0.1, 0.15) is 29.5 Å². The highest BCUT2D eigenvalue weighted by Gasteiger charge is 2.41. The number of rotatable bonds is 8. The summed E-state index contributed by atoms with van der Waals surface area (Å²) in [6.07, 6.45) is 1.50. The molecule has 0 spiro atoms. The fourth-order valence-electron chi connectivity index (χ4n) is 4.46. The van der Waals surface area contributed by atoms with E-state index in [2.05, 4.69) is 18.2 Å². The molecule has 1 aliphatic rings. The zero-order valence-corrected chi connectivity index (χ0v) is 20.4. The van der Waals surface area contributed by atoms with Crippen LogP contribution in [-0.2, 0) is 21.7 Å². The molecule has 0 saturated carbocycles. The lowest BCUT2D eigenvalue weighted by Crippen LogP contribution is -2.31. The van der Waals surface area contributed by atoms with E-state index in [4.69, 9.17) is 44.6 Å². The third kappa shape index (κ3) is 5.21. The average Bonchev–Trinajstić information content (AvgIpc) is 3.14. The molecule has 1 unspecified atom stereocenters. The van der Waals surface area contributed by atoms with Crippen molar-refractivity contribution in [2.24, 2.45) is 0 Å². The van der Waals surface area contributed by atoms with Crippen LogP contribution in [0.15, 0.2) is 60.7 Å². The van der Waals surface area contributed by atoms with Crippen LogP contribution in [0.25, 0.3) is 11.1 Å². The Bertz CT molecular complexity index is 1170. The van der Waals surface area contributed by atoms with Crippen molar-refractivity contribution in [1.29, 1.82) is 0 Å². The van der Waals surface area contributed by atoms with Gasteiger partial charge in [0.1, 0.15) is 5.60 Å². The first-order valence-electron chi connectivity index (χ1n) is 10.7. The minimum absolute atomic E-state index is 0.0123. The Morgan fingerprint density at radius 3 is 2.39 bits per heavy atom. The van der Waals surface area contributed by atoms with E-state index in [1.807, 2.05) is 43.4 Å². The van der Waals surface area contributed by atoms with E-state index in [9.17, 15) is 4.79 Å². The third-order valence-corrected chi connectivity index (χ3v) is 7.04. The predicted octanol–water partition coefficient (Wildman–Crippen LogP) is 6.88. The maximum absolute atomic E-state index is 11.0. The molecule has 7 heteroatoms. The van der Waals surface area contributed by atoms with Gasteiger partial charge in [-0.25, -0.2) is 0 Å². The molecule has 0 saturated heterocycles. The Morgan fingerprint density at radius 2 is 1.70 bits per heavy atom. The second-order valence-corrected chi connectivity index (χ2v) is 9.61. The molecular formula is C26H24Cl3NO3. The fraction of sp³-hybridized carbons (Fsp3) is 0.269. The normalized spacial score (nSPS) is 17.4. The summed E-state index contributed by atoms with van der Waals surface area (Å²) in [7, 11) is 1.82. The van der Waals surface area contributed by atoms with Gasteiger partial charge in [-0.15, -0.1) is 0 Å². The molecule has 1 atom stereocenters. The van der Waals surface area contributed by atoms with Crippen molar-refractivity contribution in [3.8, 4) is 11.1 Å². The van der Waals surface area contributed by atoms with Crippen LogP contribution in [0, 0.1) is 0 Å². The zero-order chi connectivity index (χ0) is 23.6. The van der Waals surface area contributed by atoms with Crippen molar-refractivity contribution in [2.75, 3.05) is 20.1 Å². The van der Waals surface area contributed by atoms with Gasteiger partial charge >= 0.3 is 5.97 Å². The number of nitrogens with zero attached hydrogens (tertiary/aromatic N) is 1. The Hall–Kier alpha value is -2.08. The third-order valence-electron chi connectivity index (χ3n) is 6.05. The smallest absolute Gasteiger partial charge is 0.317 e. The monoisotopic (exact) mass is 503 g/mol. The second kappa shape index (κ2) is 10.0. The highest BCUT2D eigenvalue weighted by atomic mass is 35.5. The van der Waals surface area contributed by atoms with Crippen molar-refractivity contribution >= 4 is 40.8 Å². The SMILES string of the molecule is CN(CCCC1(c2ccc(Cl)cc2)OCc2cc(-c3ccc(Cl)c(Cl)c3)ccc21)CC(=O)O. The number of halogens is 3. The van der Waals surface area contributed by atoms with Gasteiger partial charge in [0.05, 0.1) is 23.2 Å². The number of carbonyl (C=O) groups is 1. The summed E-state index contributed by atoms with van der Waals surface area (Å²) in [6.45, 7) is 1.15. The number of ether oxygens (including phenoxy) is 1. The molecule has 0 aromatic heterocycles. The lowest BCUT2D eigenvalue weighted by molar-refractivity contribution is -0.138. The first-order chi connectivity index (χ1) is 15.8. The topological polar surface area (TPSA) is 49.8 Å². The van der Waals surface area contributed by atoms with Gasteiger partial charge in [0.15, 0.2) is 0 Å². The Morgan fingerprint density at radius 1 is 1.00 bits per heavy atom. The summed E-state index contributed by atoms with van der Waals surface area (Å²) < 4.78 is 6.51. The van der Waals surface area contributed by atoms with E-state index in [0.29, 0.717) is 28.2 Å². The lowest BCUT2D eigenvalue weighted by atomic mass is 9.81. The van der Waals surface area contributed by atoms with Crippen LogP contribution >= 0.6 is 34.8 Å². The summed E-state index contributed by atoms with van der Waals surface area (Å²) >= 11 is 18.5. The van der Waals surface area contributed by atoms with Crippen molar-refractivity contribution in [3.63, 3.8) is 0 Å². The summed E-state index contributed by atoms with van der Waals surface area (Å²) in [4.78, 5) is 12.8. The predicted molar refractivity (Wildman–Crippen MR) is 133 cm³/mol. The molecule has 1 aliphatic heterocycles. The van der Waals surface area contributed by atoms with Gasteiger partial charge in [0, 0.05) is 5.02 Å². The number of hydrogen-bond donors (Lipinski definition) is 1. The molecule has 4 nitrogen and oxygen atoms in total. The largest absolute Gasteiger partial charge is 0.480 e. The van der Waals surface area contributed by atoms with Gasteiger partial charge in [0.2, 0.25) is 0 Å². The fourth-order valence-corrected chi connectivity index (χ4v) is 4.88. The number of aliphatic carboxylic acids is 1. The van der Waals surface area contributed by atoms with E-state index in [1.54, 1.807) is 11.0 Å². The van der Waals surface area contributed by atoms with Crippen molar-refractivity contribution in [2.45, 2.75) is 25.0 Å². The van der Waals surface area contributed by atoms with Gasteiger partial charge in [-0.1, -0.05) is 65.1 Å². The number of hydrogen-bond acceptors (Lipinski definition) is 3. The molecule has 4 rings (SSSR count). The molecule has 172 valence electrons. The maximum atomic E-state index is 11.0. The van der Waals surface area contributed by atoms with Crippen molar-refractivity contribution in [1.82, 2.24) is 4.90 Å². The number of benzene rings is 3. The van der Waals surface area contributed by atoms with Gasteiger partial charge in [0.25, 0.3) is 0 Å². The van der Waals surface area contributed by atoms with Crippen LogP contribution in [-0.4, -0.2) is 36.1 Å². The van der Waals surface area contributed by atoms with Crippen LogP contribution in [0.4, 0.5) is 0 Å². The molecule has 1 heterocycles. The molecule has 3 aromatic rings. The number of likely N-dealkylation sites (N-methyl/N-ethyl adjacent to an activating group) is 1. The summed E-state index contributed by atoms with van der Waals surface area (Å²) in [5.41, 5.74) is 4.70. The zero-order valence-electron chi connectivity index (χ0n) is 18.2. The Balaban J connectivity index is 1.66. The summed E-state index contributed by atoms with van der Waals surface area (Å²) in [6, 6.07) is 19.7. The van der Waals surface area contributed by atoms with Crippen molar-refractivity contribution < 1.29 is 14.6 Å². The van der Waals surface area contributed by atoms with Gasteiger partial charge in [-0.05, 0) is 84.6 Å². The minimum atomic E-state index is -0.831. The molecule has 0 fully saturated rings. The molecule has 0 aliphatic carbocycles. The van der Waals surface area contributed by atoms with E-state index in [0.717, 1.165) is 40.7 Å². The number of fused-ring (bicyclic) bond motifs is 1. The highest BCUT2D eigenvalue weighted by molar-refractivity contribution is 6.42. The lowest BCUT2D eigenvalue weighted by Gasteiger charge is -2.31. The van der Waals surface area contributed by atoms with Crippen LogP contribution in [0.5, 0.6) is 0 Å². The maximum Gasteiger partial charge on any atom is 0.317 e. The van der Waals surface area contributed by atoms with Gasteiger partial charge in [-0.3, -0.25) is 9.69 Å². The Kier molecular flexibility index (Phi) is 7.32. The standard InChI is InChI=1S/C26H24Cl3NO3/c1-30(15-25(31)32)12-2-11-26(20-5-7-21(27)8-6-20)22-9-3-17(13-19(22)16-33-26)18-4-10-23(28)24(29)14-18/h3-10,13-14H,2,11-12,15-16H2,1H3,(H,31,32). The molecular weight excluding hydrogens is 481 g/mol. The molecule has 0 bridgehead atoms. The number of carboxylic acid groups (broad SMARTS) is 1. The quantitative estimate of drug-likeness (QED) is 0.363. The van der Waals surface area contributed by atoms with Crippen LogP contribution in [0.3, 0.4) is 0 Å².